The lowest BCUT2D eigenvalue weighted by atomic mass is 10.2. The van der Waals surface area contributed by atoms with Crippen molar-refractivity contribution in [2.45, 2.75) is 32.7 Å². The van der Waals surface area contributed by atoms with Crippen molar-refractivity contribution in [2.75, 3.05) is 25.0 Å². The second-order valence-electron chi connectivity index (χ2n) is 5.41. The Morgan fingerprint density at radius 3 is 3.06 bits per heavy atom. The molecule has 0 radical (unpaired) electrons. The standard InChI is InChI=1S/C15H24N2O/c1-12(2)11-18-15-7-3-5-13(9-15)17-10-14-6-4-8-16-14/h3,5,7,9,12,14,16-17H,4,6,8,10-11H2,1-2H3. The smallest absolute Gasteiger partial charge is 0.121 e. The van der Waals surface area contributed by atoms with Gasteiger partial charge in [0, 0.05) is 24.3 Å². The molecule has 0 amide bonds. The Morgan fingerprint density at radius 1 is 1.44 bits per heavy atom. The molecule has 2 N–H and O–H groups in total. The van der Waals surface area contributed by atoms with Gasteiger partial charge in [0.1, 0.15) is 5.75 Å². The molecule has 1 aromatic carbocycles. The number of benzene rings is 1. The summed E-state index contributed by atoms with van der Waals surface area (Å²) in [5, 5.41) is 6.96. The maximum atomic E-state index is 5.72. The number of hydrogen-bond acceptors (Lipinski definition) is 3. The SMILES string of the molecule is CC(C)COc1cccc(NCC2CCCN2)c1. The first-order valence-corrected chi connectivity index (χ1v) is 6.94. The molecular formula is C15H24N2O. The number of rotatable bonds is 6. The van der Waals surface area contributed by atoms with E-state index in [0.29, 0.717) is 12.0 Å². The van der Waals surface area contributed by atoms with Gasteiger partial charge in [-0.3, -0.25) is 0 Å². The third-order valence-electron chi connectivity index (χ3n) is 3.13. The van der Waals surface area contributed by atoms with Crippen LogP contribution in [0.4, 0.5) is 5.69 Å². The first kappa shape index (κ1) is 13.2. The molecule has 2 rings (SSSR count). The number of anilines is 1. The monoisotopic (exact) mass is 248 g/mol. The van der Waals surface area contributed by atoms with Crippen LogP contribution < -0.4 is 15.4 Å². The lowest BCUT2D eigenvalue weighted by Gasteiger charge is -2.14. The van der Waals surface area contributed by atoms with Gasteiger partial charge in [-0.05, 0) is 37.4 Å². The topological polar surface area (TPSA) is 33.3 Å². The first-order valence-electron chi connectivity index (χ1n) is 6.94. The summed E-state index contributed by atoms with van der Waals surface area (Å²) in [7, 11) is 0. The van der Waals surface area contributed by atoms with Crippen molar-refractivity contribution in [1.29, 1.82) is 0 Å². The minimum Gasteiger partial charge on any atom is -0.493 e. The quantitative estimate of drug-likeness (QED) is 0.812. The highest BCUT2D eigenvalue weighted by Gasteiger charge is 2.13. The van der Waals surface area contributed by atoms with Crippen LogP contribution in [0.3, 0.4) is 0 Å². The van der Waals surface area contributed by atoms with Crippen LogP contribution >= 0.6 is 0 Å². The number of ether oxygens (including phenoxy) is 1. The van der Waals surface area contributed by atoms with Crippen LogP contribution in [0.2, 0.25) is 0 Å². The van der Waals surface area contributed by atoms with Crippen LogP contribution in [-0.4, -0.2) is 25.7 Å². The third-order valence-corrected chi connectivity index (χ3v) is 3.13. The highest BCUT2D eigenvalue weighted by molar-refractivity contribution is 5.48. The molecule has 1 aliphatic rings. The van der Waals surface area contributed by atoms with Crippen LogP contribution in [0, 0.1) is 5.92 Å². The normalized spacial score (nSPS) is 19.2. The molecule has 0 spiro atoms. The average Bonchev–Trinajstić information content (AvgIpc) is 2.87. The Bertz CT molecular complexity index is 359. The van der Waals surface area contributed by atoms with E-state index in [2.05, 4.69) is 36.6 Å². The molecule has 1 heterocycles. The van der Waals surface area contributed by atoms with Gasteiger partial charge in [-0.2, -0.15) is 0 Å². The van der Waals surface area contributed by atoms with Gasteiger partial charge in [0.2, 0.25) is 0 Å². The molecule has 0 aromatic heterocycles. The van der Waals surface area contributed by atoms with E-state index >= 15 is 0 Å². The summed E-state index contributed by atoms with van der Waals surface area (Å²) in [4.78, 5) is 0. The maximum Gasteiger partial charge on any atom is 0.121 e. The minimum atomic E-state index is 0.560. The van der Waals surface area contributed by atoms with Crippen LogP contribution in [0.5, 0.6) is 5.75 Å². The highest BCUT2D eigenvalue weighted by Crippen LogP contribution is 2.18. The van der Waals surface area contributed by atoms with Crippen molar-refractivity contribution in [3.8, 4) is 5.75 Å². The van der Waals surface area contributed by atoms with Gasteiger partial charge < -0.3 is 15.4 Å². The largest absolute Gasteiger partial charge is 0.493 e. The van der Waals surface area contributed by atoms with E-state index in [0.717, 1.165) is 31.1 Å². The molecule has 3 heteroatoms. The summed E-state index contributed by atoms with van der Waals surface area (Å²) < 4.78 is 5.72. The van der Waals surface area contributed by atoms with Gasteiger partial charge in [-0.15, -0.1) is 0 Å². The summed E-state index contributed by atoms with van der Waals surface area (Å²) in [5.74, 6) is 1.51. The fourth-order valence-electron chi connectivity index (χ4n) is 2.13. The van der Waals surface area contributed by atoms with E-state index < -0.39 is 0 Å². The number of nitrogens with one attached hydrogen (secondary N) is 2. The molecule has 1 fully saturated rings. The molecule has 1 aromatic rings. The zero-order valence-electron chi connectivity index (χ0n) is 11.4. The lowest BCUT2D eigenvalue weighted by molar-refractivity contribution is 0.271. The first-order chi connectivity index (χ1) is 8.74. The maximum absolute atomic E-state index is 5.72. The summed E-state index contributed by atoms with van der Waals surface area (Å²) in [6.45, 7) is 7.24. The van der Waals surface area contributed by atoms with Crippen molar-refractivity contribution in [2.24, 2.45) is 5.92 Å². The number of hydrogen-bond donors (Lipinski definition) is 2. The van der Waals surface area contributed by atoms with Crippen molar-refractivity contribution < 1.29 is 4.74 Å². The fraction of sp³-hybridized carbons (Fsp3) is 0.600. The van der Waals surface area contributed by atoms with E-state index in [1.54, 1.807) is 0 Å². The Kier molecular flexibility index (Phi) is 4.88. The van der Waals surface area contributed by atoms with Crippen molar-refractivity contribution in [1.82, 2.24) is 5.32 Å². The van der Waals surface area contributed by atoms with Crippen molar-refractivity contribution in [3.63, 3.8) is 0 Å². The predicted octanol–water partition coefficient (Wildman–Crippen LogP) is 2.89. The zero-order chi connectivity index (χ0) is 12.8. The van der Waals surface area contributed by atoms with Gasteiger partial charge in [0.05, 0.1) is 6.61 Å². The summed E-state index contributed by atoms with van der Waals surface area (Å²) in [6, 6.07) is 8.85. The molecule has 0 aliphatic carbocycles. The van der Waals surface area contributed by atoms with Gasteiger partial charge >= 0.3 is 0 Å². The van der Waals surface area contributed by atoms with Crippen LogP contribution in [-0.2, 0) is 0 Å². The Morgan fingerprint density at radius 2 is 2.33 bits per heavy atom. The second-order valence-corrected chi connectivity index (χ2v) is 5.41. The molecule has 0 bridgehead atoms. The van der Waals surface area contributed by atoms with Gasteiger partial charge in [0.15, 0.2) is 0 Å². The van der Waals surface area contributed by atoms with E-state index in [1.807, 2.05) is 12.1 Å². The van der Waals surface area contributed by atoms with E-state index in [4.69, 9.17) is 4.74 Å². The second kappa shape index (κ2) is 6.64. The van der Waals surface area contributed by atoms with E-state index in [9.17, 15) is 0 Å². The molecule has 100 valence electrons. The highest BCUT2D eigenvalue weighted by atomic mass is 16.5. The molecule has 1 aliphatic heterocycles. The molecular weight excluding hydrogens is 224 g/mol. The van der Waals surface area contributed by atoms with Crippen LogP contribution in [0.15, 0.2) is 24.3 Å². The van der Waals surface area contributed by atoms with Gasteiger partial charge in [-0.1, -0.05) is 19.9 Å². The fourth-order valence-corrected chi connectivity index (χ4v) is 2.13. The lowest BCUT2D eigenvalue weighted by Crippen LogP contribution is -2.29. The molecule has 1 atom stereocenters. The van der Waals surface area contributed by atoms with Gasteiger partial charge in [0.25, 0.3) is 0 Å². The molecule has 3 nitrogen and oxygen atoms in total. The minimum absolute atomic E-state index is 0.560. The molecule has 18 heavy (non-hydrogen) atoms. The summed E-state index contributed by atoms with van der Waals surface area (Å²) >= 11 is 0. The summed E-state index contributed by atoms with van der Waals surface area (Å²) in [6.07, 6.45) is 2.57. The van der Waals surface area contributed by atoms with E-state index in [-0.39, 0.29) is 0 Å². The third kappa shape index (κ3) is 4.22. The Labute approximate surface area is 110 Å². The molecule has 1 unspecified atom stereocenters. The summed E-state index contributed by atoms with van der Waals surface area (Å²) in [5.41, 5.74) is 1.14. The van der Waals surface area contributed by atoms with Crippen LogP contribution in [0.25, 0.3) is 0 Å². The van der Waals surface area contributed by atoms with Crippen molar-refractivity contribution >= 4 is 5.69 Å². The Balaban J connectivity index is 1.82. The van der Waals surface area contributed by atoms with Crippen LogP contribution in [0.1, 0.15) is 26.7 Å². The molecule has 1 saturated heterocycles. The zero-order valence-corrected chi connectivity index (χ0v) is 11.4. The average molecular weight is 248 g/mol. The van der Waals surface area contributed by atoms with Crippen molar-refractivity contribution in [3.05, 3.63) is 24.3 Å². The predicted molar refractivity (Wildman–Crippen MR) is 76.3 cm³/mol. The molecule has 0 saturated carbocycles. The van der Waals surface area contributed by atoms with Gasteiger partial charge in [-0.25, -0.2) is 0 Å². The Hall–Kier alpha value is -1.22. The van der Waals surface area contributed by atoms with E-state index in [1.165, 1.54) is 12.8 Å².